The first kappa shape index (κ1) is 18.4. The fourth-order valence-corrected chi connectivity index (χ4v) is 3.03. The van der Waals surface area contributed by atoms with E-state index in [0.29, 0.717) is 5.01 Å². The maximum absolute atomic E-state index is 12.8. The van der Waals surface area contributed by atoms with Gasteiger partial charge in [0.1, 0.15) is 12.3 Å². The lowest BCUT2D eigenvalue weighted by atomic mass is 10.3. The lowest BCUT2D eigenvalue weighted by Crippen LogP contribution is -2.47. The molecule has 1 aromatic carbocycles. The number of anilines is 1. The highest BCUT2D eigenvalue weighted by Gasteiger charge is 2.32. The van der Waals surface area contributed by atoms with Crippen LogP contribution in [0.4, 0.5) is 23.7 Å². The SMILES string of the molecule is NNC(=O)N(N)c1cccc(SC(F)(F)F)c1OCc1cccs1. The monoisotopic (exact) mass is 378 g/mol. The minimum absolute atomic E-state index is 0.0382. The van der Waals surface area contributed by atoms with Crippen molar-refractivity contribution in [2.24, 2.45) is 11.7 Å². The first-order chi connectivity index (χ1) is 11.3. The minimum Gasteiger partial charge on any atom is -0.485 e. The summed E-state index contributed by atoms with van der Waals surface area (Å²) in [6.07, 6.45) is 0. The molecule has 0 saturated heterocycles. The van der Waals surface area contributed by atoms with Gasteiger partial charge < -0.3 is 4.74 Å². The molecular formula is C13H13F3N4O2S2. The number of halogens is 3. The van der Waals surface area contributed by atoms with Gasteiger partial charge in [-0.1, -0.05) is 12.1 Å². The van der Waals surface area contributed by atoms with E-state index in [-0.39, 0.29) is 34.7 Å². The topological polar surface area (TPSA) is 93.6 Å². The normalized spacial score (nSPS) is 11.2. The zero-order chi connectivity index (χ0) is 17.7. The molecule has 0 fully saturated rings. The predicted molar refractivity (Wildman–Crippen MR) is 86.4 cm³/mol. The summed E-state index contributed by atoms with van der Waals surface area (Å²) in [5.41, 5.74) is -2.75. The molecule has 0 unspecified atom stereocenters. The molecule has 1 heterocycles. The second kappa shape index (κ2) is 7.75. The van der Waals surface area contributed by atoms with E-state index in [9.17, 15) is 18.0 Å². The van der Waals surface area contributed by atoms with Crippen molar-refractivity contribution in [1.29, 1.82) is 0 Å². The molecule has 130 valence electrons. The molecule has 2 amide bonds. The number of urea groups is 1. The number of hydrazine groups is 2. The van der Waals surface area contributed by atoms with Gasteiger partial charge in [0.15, 0.2) is 5.75 Å². The number of nitrogens with two attached hydrogens (primary N) is 2. The van der Waals surface area contributed by atoms with Crippen LogP contribution in [0.2, 0.25) is 0 Å². The van der Waals surface area contributed by atoms with E-state index in [1.807, 2.05) is 10.8 Å². The lowest BCUT2D eigenvalue weighted by molar-refractivity contribution is -0.0329. The quantitative estimate of drug-likeness (QED) is 0.322. The number of hydrogen-bond donors (Lipinski definition) is 3. The number of benzene rings is 1. The smallest absolute Gasteiger partial charge is 0.446 e. The van der Waals surface area contributed by atoms with Gasteiger partial charge >= 0.3 is 11.5 Å². The van der Waals surface area contributed by atoms with Crippen LogP contribution in [-0.4, -0.2) is 11.5 Å². The van der Waals surface area contributed by atoms with Crippen molar-refractivity contribution >= 4 is 34.8 Å². The molecule has 5 N–H and O–H groups in total. The number of amides is 2. The Morgan fingerprint density at radius 1 is 1.33 bits per heavy atom. The van der Waals surface area contributed by atoms with E-state index in [1.54, 1.807) is 12.1 Å². The number of carbonyl (C=O) groups is 1. The zero-order valence-electron chi connectivity index (χ0n) is 12.0. The minimum atomic E-state index is -4.52. The van der Waals surface area contributed by atoms with Gasteiger partial charge in [0.05, 0.1) is 4.90 Å². The molecular weight excluding hydrogens is 365 g/mol. The van der Waals surface area contributed by atoms with Crippen LogP contribution in [0.15, 0.2) is 40.6 Å². The summed E-state index contributed by atoms with van der Waals surface area (Å²) in [7, 11) is 0. The molecule has 0 radical (unpaired) electrons. The summed E-state index contributed by atoms with van der Waals surface area (Å²) < 4.78 is 43.8. The highest BCUT2D eigenvalue weighted by atomic mass is 32.2. The molecule has 0 spiro atoms. The van der Waals surface area contributed by atoms with E-state index in [1.165, 1.54) is 29.5 Å². The summed E-state index contributed by atoms with van der Waals surface area (Å²) in [6, 6.07) is 6.60. The molecule has 0 atom stereocenters. The summed E-state index contributed by atoms with van der Waals surface area (Å²) in [6.45, 7) is 0.0399. The summed E-state index contributed by atoms with van der Waals surface area (Å²) in [5, 5.41) is 2.40. The Bertz CT molecular complexity index is 695. The predicted octanol–water partition coefficient (Wildman–Crippen LogP) is 3.20. The van der Waals surface area contributed by atoms with Crippen molar-refractivity contribution in [2.75, 3.05) is 5.01 Å². The largest absolute Gasteiger partial charge is 0.485 e. The van der Waals surface area contributed by atoms with Gasteiger partial charge in [-0.25, -0.2) is 21.5 Å². The highest BCUT2D eigenvalue weighted by molar-refractivity contribution is 8.00. The fraction of sp³-hybridized carbons (Fsp3) is 0.154. The van der Waals surface area contributed by atoms with Crippen LogP contribution in [-0.2, 0) is 6.61 Å². The van der Waals surface area contributed by atoms with Crippen LogP contribution in [0.5, 0.6) is 5.75 Å². The van der Waals surface area contributed by atoms with E-state index < -0.39 is 11.5 Å². The maximum atomic E-state index is 12.8. The summed E-state index contributed by atoms with van der Waals surface area (Å²) in [4.78, 5) is 12.2. The molecule has 0 aliphatic heterocycles. The van der Waals surface area contributed by atoms with Gasteiger partial charge in [0.2, 0.25) is 0 Å². The second-order valence-corrected chi connectivity index (χ2v) is 6.48. The Hall–Kier alpha value is -1.95. The van der Waals surface area contributed by atoms with Gasteiger partial charge in [0.25, 0.3) is 0 Å². The number of rotatable bonds is 5. The molecule has 0 bridgehead atoms. The molecule has 24 heavy (non-hydrogen) atoms. The van der Waals surface area contributed by atoms with Gasteiger partial charge in [-0.2, -0.15) is 13.2 Å². The van der Waals surface area contributed by atoms with Crippen LogP contribution in [0.25, 0.3) is 0 Å². The van der Waals surface area contributed by atoms with Crippen molar-refractivity contribution in [3.05, 3.63) is 40.6 Å². The first-order valence-electron chi connectivity index (χ1n) is 6.41. The number of carbonyl (C=O) groups excluding carboxylic acids is 1. The zero-order valence-corrected chi connectivity index (χ0v) is 13.7. The van der Waals surface area contributed by atoms with Gasteiger partial charge in [-0.3, -0.25) is 5.43 Å². The third-order valence-corrected chi connectivity index (χ3v) is 4.35. The van der Waals surface area contributed by atoms with E-state index in [2.05, 4.69) is 0 Å². The van der Waals surface area contributed by atoms with Crippen molar-refractivity contribution in [3.63, 3.8) is 0 Å². The first-order valence-corrected chi connectivity index (χ1v) is 8.11. The van der Waals surface area contributed by atoms with Crippen molar-refractivity contribution in [2.45, 2.75) is 17.0 Å². The van der Waals surface area contributed by atoms with Crippen LogP contribution in [0, 0.1) is 0 Å². The molecule has 0 aliphatic rings. The highest BCUT2D eigenvalue weighted by Crippen LogP contribution is 2.45. The second-order valence-electron chi connectivity index (χ2n) is 4.34. The van der Waals surface area contributed by atoms with Crippen molar-refractivity contribution in [1.82, 2.24) is 5.43 Å². The molecule has 0 saturated carbocycles. The van der Waals surface area contributed by atoms with Gasteiger partial charge in [-0.05, 0) is 35.3 Å². The third-order valence-electron chi connectivity index (χ3n) is 2.72. The molecule has 11 heteroatoms. The van der Waals surface area contributed by atoms with Crippen LogP contribution >= 0.6 is 23.1 Å². The Morgan fingerprint density at radius 3 is 2.67 bits per heavy atom. The average molecular weight is 378 g/mol. The maximum Gasteiger partial charge on any atom is 0.446 e. The number of nitrogens with one attached hydrogen (secondary N) is 1. The molecule has 2 rings (SSSR count). The molecule has 6 nitrogen and oxygen atoms in total. The average Bonchev–Trinajstić information content (AvgIpc) is 3.04. The van der Waals surface area contributed by atoms with Crippen LogP contribution < -0.4 is 26.9 Å². The summed E-state index contributed by atoms with van der Waals surface area (Å²) in [5.74, 6) is 10.5. The van der Waals surface area contributed by atoms with Gasteiger partial charge in [0, 0.05) is 4.88 Å². The molecule has 0 aliphatic carbocycles. The van der Waals surface area contributed by atoms with E-state index in [0.717, 1.165) is 4.88 Å². The van der Waals surface area contributed by atoms with E-state index >= 15 is 0 Å². The third kappa shape index (κ3) is 4.77. The Kier molecular flexibility index (Phi) is 5.94. The number of para-hydroxylation sites is 1. The number of hydrogen-bond acceptors (Lipinski definition) is 6. The van der Waals surface area contributed by atoms with Crippen LogP contribution in [0.3, 0.4) is 0 Å². The number of thioether (sulfide) groups is 1. The van der Waals surface area contributed by atoms with E-state index in [4.69, 9.17) is 16.4 Å². The molecule has 2 aromatic rings. The number of ether oxygens (including phenoxy) is 1. The Labute approximate surface area is 143 Å². The Balaban J connectivity index is 2.37. The fourth-order valence-electron chi connectivity index (χ4n) is 1.76. The lowest BCUT2D eigenvalue weighted by Gasteiger charge is -2.21. The number of alkyl halides is 3. The van der Waals surface area contributed by atoms with Crippen molar-refractivity contribution in [3.8, 4) is 5.75 Å². The summed E-state index contributed by atoms with van der Waals surface area (Å²) >= 11 is 1.04. The number of nitrogens with zero attached hydrogens (tertiary/aromatic N) is 1. The standard InChI is InChI=1S/C13H13F3N4O2S2/c14-13(15,16)24-10-5-1-4-9(20(18)12(21)19-17)11(10)22-7-8-3-2-6-23-8/h1-6H,7,17-18H2,(H,19,21). The number of thiophene rings is 1. The van der Waals surface area contributed by atoms with Gasteiger partial charge in [-0.15, -0.1) is 11.3 Å². The molecule has 1 aromatic heterocycles. The Morgan fingerprint density at radius 2 is 2.08 bits per heavy atom. The van der Waals surface area contributed by atoms with Crippen molar-refractivity contribution < 1.29 is 22.7 Å². The van der Waals surface area contributed by atoms with Crippen LogP contribution in [0.1, 0.15) is 4.88 Å².